The topological polar surface area (TPSA) is 57.4 Å². The van der Waals surface area contributed by atoms with Crippen LogP contribution in [0.5, 0.6) is 5.75 Å². The number of nitrogens with zero attached hydrogens (tertiary/aromatic N) is 2. The molecule has 17 heavy (non-hydrogen) atoms. The fraction of sp³-hybridized carbons (Fsp3) is 0.273. The van der Waals surface area contributed by atoms with Crippen molar-refractivity contribution in [3.8, 4) is 5.75 Å². The lowest BCUT2D eigenvalue weighted by molar-refractivity contribution is 0.155. The van der Waals surface area contributed by atoms with Gasteiger partial charge in [-0.1, -0.05) is 5.16 Å². The van der Waals surface area contributed by atoms with Gasteiger partial charge in [0.15, 0.2) is 5.76 Å². The van der Waals surface area contributed by atoms with Gasteiger partial charge in [-0.3, -0.25) is 0 Å². The van der Waals surface area contributed by atoms with Crippen LogP contribution in [0.15, 0.2) is 28.9 Å². The van der Waals surface area contributed by atoms with Crippen molar-refractivity contribution >= 4 is 0 Å². The second kappa shape index (κ2) is 5.40. The predicted octanol–water partition coefficient (Wildman–Crippen LogP) is 1.93. The summed E-state index contributed by atoms with van der Waals surface area (Å²) in [4.78, 5) is 3.47. The Labute approximate surface area is 97.2 Å². The minimum absolute atomic E-state index is 0.237. The summed E-state index contributed by atoms with van der Waals surface area (Å²) >= 11 is 0. The highest BCUT2D eigenvalue weighted by molar-refractivity contribution is 5.16. The van der Waals surface area contributed by atoms with Gasteiger partial charge in [-0.15, -0.1) is 0 Å². The van der Waals surface area contributed by atoms with Gasteiger partial charge in [0.2, 0.25) is 5.95 Å². The maximum atomic E-state index is 12.5. The van der Waals surface area contributed by atoms with Crippen LogP contribution in [-0.4, -0.2) is 17.3 Å². The van der Waals surface area contributed by atoms with Crippen molar-refractivity contribution in [2.75, 3.05) is 7.11 Å². The smallest absolute Gasteiger partial charge is 0.213 e. The van der Waals surface area contributed by atoms with Crippen molar-refractivity contribution in [2.45, 2.75) is 13.2 Å². The van der Waals surface area contributed by atoms with E-state index in [0.717, 1.165) is 0 Å². The van der Waals surface area contributed by atoms with Crippen LogP contribution in [0.2, 0.25) is 0 Å². The first-order valence-corrected chi connectivity index (χ1v) is 4.95. The second-order valence-electron chi connectivity index (χ2n) is 3.32. The molecule has 0 atom stereocenters. The van der Waals surface area contributed by atoms with E-state index >= 15 is 0 Å². The number of rotatable bonds is 5. The van der Waals surface area contributed by atoms with E-state index in [9.17, 15) is 4.39 Å². The molecule has 0 N–H and O–H groups in total. The van der Waals surface area contributed by atoms with Gasteiger partial charge >= 0.3 is 0 Å². The van der Waals surface area contributed by atoms with Gasteiger partial charge < -0.3 is 14.0 Å². The first-order valence-electron chi connectivity index (χ1n) is 4.95. The third-order valence-electron chi connectivity index (χ3n) is 1.98. The molecule has 0 aromatic carbocycles. The van der Waals surface area contributed by atoms with E-state index in [2.05, 4.69) is 10.1 Å². The molecule has 0 spiro atoms. The second-order valence-corrected chi connectivity index (χ2v) is 3.32. The molecule has 0 saturated carbocycles. The summed E-state index contributed by atoms with van der Waals surface area (Å²) in [6.07, 6.45) is 1.31. The quantitative estimate of drug-likeness (QED) is 0.745. The van der Waals surface area contributed by atoms with E-state index in [0.29, 0.717) is 23.8 Å². The van der Waals surface area contributed by atoms with Crippen LogP contribution in [-0.2, 0) is 18.0 Å². The van der Waals surface area contributed by atoms with Crippen molar-refractivity contribution in [3.05, 3.63) is 41.8 Å². The van der Waals surface area contributed by atoms with E-state index < -0.39 is 5.95 Å². The molecule has 6 heteroatoms. The molecule has 5 nitrogen and oxygen atoms in total. The molecule has 2 heterocycles. The monoisotopic (exact) mass is 238 g/mol. The molecular weight excluding hydrogens is 227 g/mol. The Kier molecular flexibility index (Phi) is 3.66. The van der Waals surface area contributed by atoms with Crippen molar-refractivity contribution in [1.29, 1.82) is 0 Å². The van der Waals surface area contributed by atoms with Gasteiger partial charge in [-0.05, 0) is 12.1 Å². The Bertz CT molecular complexity index is 470. The molecule has 2 aromatic heterocycles. The van der Waals surface area contributed by atoms with Crippen LogP contribution in [0, 0.1) is 5.95 Å². The zero-order chi connectivity index (χ0) is 12.1. The lowest BCUT2D eigenvalue weighted by atomic mass is 10.4. The average Bonchev–Trinajstić information content (AvgIpc) is 2.77. The summed E-state index contributed by atoms with van der Waals surface area (Å²) in [7, 11) is 1.57. The molecule has 0 radical (unpaired) electrons. The van der Waals surface area contributed by atoms with Crippen LogP contribution >= 0.6 is 0 Å². The molecule has 0 unspecified atom stereocenters. The number of ether oxygens (including phenoxy) is 2. The number of methoxy groups -OCH3 is 1. The van der Waals surface area contributed by atoms with Crippen LogP contribution in [0.3, 0.4) is 0 Å². The number of hydrogen-bond acceptors (Lipinski definition) is 5. The molecule has 2 rings (SSSR count). The fourth-order valence-electron chi connectivity index (χ4n) is 1.24. The van der Waals surface area contributed by atoms with E-state index in [4.69, 9.17) is 14.0 Å². The first kappa shape index (κ1) is 11.5. The number of aromatic nitrogens is 2. The van der Waals surface area contributed by atoms with E-state index in [1.54, 1.807) is 13.2 Å². The van der Waals surface area contributed by atoms with Crippen LogP contribution < -0.4 is 4.74 Å². The van der Waals surface area contributed by atoms with Crippen LogP contribution in [0.1, 0.15) is 11.5 Å². The highest BCUT2D eigenvalue weighted by Gasteiger charge is 2.04. The van der Waals surface area contributed by atoms with Crippen molar-refractivity contribution in [2.24, 2.45) is 0 Å². The Balaban J connectivity index is 1.90. The van der Waals surface area contributed by atoms with E-state index in [1.165, 1.54) is 18.3 Å². The molecule has 0 bridgehead atoms. The summed E-state index contributed by atoms with van der Waals surface area (Å²) in [5.74, 6) is 0.562. The Morgan fingerprint density at radius 2 is 2.24 bits per heavy atom. The Morgan fingerprint density at radius 1 is 1.35 bits per heavy atom. The van der Waals surface area contributed by atoms with Gasteiger partial charge in [0.25, 0.3) is 0 Å². The molecule has 0 aliphatic carbocycles. The number of pyridine rings is 1. The molecule has 0 saturated heterocycles. The summed E-state index contributed by atoms with van der Waals surface area (Å²) < 4.78 is 27.7. The maximum absolute atomic E-state index is 12.5. The van der Waals surface area contributed by atoms with Crippen molar-refractivity contribution in [3.63, 3.8) is 0 Å². The van der Waals surface area contributed by atoms with Crippen LogP contribution in [0.4, 0.5) is 4.39 Å². The molecule has 0 fully saturated rings. The zero-order valence-corrected chi connectivity index (χ0v) is 9.22. The molecule has 0 amide bonds. The zero-order valence-electron chi connectivity index (χ0n) is 9.22. The minimum atomic E-state index is -0.541. The highest BCUT2D eigenvalue weighted by atomic mass is 19.1. The maximum Gasteiger partial charge on any atom is 0.213 e. The fourth-order valence-corrected chi connectivity index (χ4v) is 1.24. The van der Waals surface area contributed by atoms with Crippen molar-refractivity contribution in [1.82, 2.24) is 10.1 Å². The SMILES string of the molecule is COCc1cc(COc2ccc(F)nc2)no1. The average molecular weight is 238 g/mol. The lowest BCUT2D eigenvalue weighted by Crippen LogP contribution is -1.96. The normalized spacial score (nSPS) is 10.5. The number of hydrogen-bond donors (Lipinski definition) is 0. The summed E-state index contributed by atoms with van der Waals surface area (Å²) in [6.45, 7) is 0.603. The third-order valence-corrected chi connectivity index (χ3v) is 1.98. The Morgan fingerprint density at radius 3 is 2.94 bits per heavy atom. The summed E-state index contributed by atoms with van der Waals surface area (Å²) in [5.41, 5.74) is 0.640. The molecule has 0 aliphatic rings. The molecular formula is C11H11FN2O3. The van der Waals surface area contributed by atoms with E-state index in [1.807, 2.05) is 0 Å². The molecule has 0 aliphatic heterocycles. The largest absolute Gasteiger partial charge is 0.486 e. The molecule has 2 aromatic rings. The highest BCUT2D eigenvalue weighted by Crippen LogP contribution is 2.12. The predicted molar refractivity (Wildman–Crippen MR) is 55.7 cm³/mol. The van der Waals surface area contributed by atoms with Gasteiger partial charge in [-0.25, -0.2) is 4.98 Å². The van der Waals surface area contributed by atoms with Gasteiger partial charge in [0.1, 0.15) is 24.7 Å². The van der Waals surface area contributed by atoms with Gasteiger partial charge in [-0.2, -0.15) is 4.39 Å². The third kappa shape index (κ3) is 3.25. The number of halogens is 1. The van der Waals surface area contributed by atoms with E-state index in [-0.39, 0.29) is 6.61 Å². The van der Waals surface area contributed by atoms with Gasteiger partial charge in [0.05, 0.1) is 6.20 Å². The first-order chi connectivity index (χ1) is 8.28. The van der Waals surface area contributed by atoms with Gasteiger partial charge in [0, 0.05) is 13.2 Å². The summed E-state index contributed by atoms with van der Waals surface area (Å²) in [5, 5.41) is 3.79. The lowest BCUT2D eigenvalue weighted by Gasteiger charge is -2.01. The van der Waals surface area contributed by atoms with Crippen molar-refractivity contribution < 1.29 is 18.4 Å². The van der Waals surface area contributed by atoms with Crippen LogP contribution in [0.25, 0.3) is 0 Å². The standard InChI is InChI=1S/C11H11FN2O3/c1-15-7-10-4-8(14-17-10)6-16-9-2-3-11(12)13-5-9/h2-5H,6-7H2,1H3. The Hall–Kier alpha value is -1.95. The molecule has 90 valence electrons. The summed E-state index contributed by atoms with van der Waals surface area (Å²) in [6, 6.07) is 4.47. The minimum Gasteiger partial charge on any atom is -0.486 e.